The number of carbonyl (C=O) groups is 1. The van der Waals surface area contributed by atoms with Gasteiger partial charge in [-0.1, -0.05) is 30.3 Å². The molecule has 0 saturated carbocycles. The van der Waals surface area contributed by atoms with E-state index in [2.05, 4.69) is 22.5 Å². The molecule has 7 heteroatoms. The number of hydrogen-bond acceptors (Lipinski definition) is 3. The number of amides is 1. The molecule has 1 N–H and O–H groups in total. The van der Waals surface area contributed by atoms with E-state index in [-0.39, 0.29) is 29.9 Å². The van der Waals surface area contributed by atoms with Gasteiger partial charge in [-0.3, -0.25) is 14.0 Å². The van der Waals surface area contributed by atoms with Crippen molar-refractivity contribution in [1.82, 2.24) is 19.5 Å². The minimum atomic E-state index is -0.385. The van der Waals surface area contributed by atoms with E-state index in [0.29, 0.717) is 22.2 Å². The number of aryl methyl sites for hydroxylation is 2. The Labute approximate surface area is 172 Å². The smallest absolute Gasteiger partial charge is 0.291 e. The maximum absolute atomic E-state index is 13.5. The fourth-order valence-electron chi connectivity index (χ4n) is 3.75. The molecule has 2 aromatic carbocycles. The minimum Gasteiger partial charge on any atom is -0.352 e. The van der Waals surface area contributed by atoms with Crippen LogP contribution in [0.2, 0.25) is 0 Å². The Bertz CT molecular complexity index is 1280. The lowest BCUT2D eigenvalue weighted by atomic mass is 10.1. The summed E-state index contributed by atoms with van der Waals surface area (Å²) in [5, 5.41) is 7.85. The van der Waals surface area contributed by atoms with Gasteiger partial charge in [0.15, 0.2) is 0 Å². The summed E-state index contributed by atoms with van der Waals surface area (Å²) in [6.45, 7) is 3.54. The number of nitrogens with zero attached hydrogens (tertiary/aromatic N) is 3. The van der Waals surface area contributed by atoms with Gasteiger partial charge in [-0.05, 0) is 56.5 Å². The van der Waals surface area contributed by atoms with Crippen LogP contribution in [0.15, 0.2) is 59.4 Å². The van der Waals surface area contributed by atoms with Crippen LogP contribution >= 0.6 is 0 Å². The second kappa shape index (κ2) is 8.10. The molecule has 0 radical (unpaired) electrons. The van der Waals surface area contributed by atoms with Gasteiger partial charge in [0.2, 0.25) is 5.91 Å². The predicted molar refractivity (Wildman–Crippen MR) is 114 cm³/mol. The Morgan fingerprint density at radius 1 is 1.13 bits per heavy atom. The van der Waals surface area contributed by atoms with Crippen LogP contribution in [0, 0.1) is 12.7 Å². The summed E-state index contributed by atoms with van der Waals surface area (Å²) in [6, 6.07) is 16.0. The van der Waals surface area contributed by atoms with Crippen LogP contribution in [0.4, 0.5) is 4.39 Å². The van der Waals surface area contributed by atoms with E-state index in [1.165, 1.54) is 22.4 Å². The third-order valence-corrected chi connectivity index (χ3v) is 5.22. The van der Waals surface area contributed by atoms with Gasteiger partial charge in [0.1, 0.15) is 23.7 Å². The van der Waals surface area contributed by atoms with E-state index in [0.717, 1.165) is 12.8 Å². The van der Waals surface area contributed by atoms with Crippen LogP contribution < -0.4 is 10.9 Å². The van der Waals surface area contributed by atoms with E-state index in [1.807, 2.05) is 25.1 Å². The summed E-state index contributed by atoms with van der Waals surface area (Å²) in [5.41, 5.74) is 1.91. The normalized spacial score (nSPS) is 12.4. The molecular weight excluding hydrogens is 383 g/mol. The number of rotatable bonds is 6. The van der Waals surface area contributed by atoms with Gasteiger partial charge in [-0.2, -0.15) is 5.10 Å². The van der Waals surface area contributed by atoms with Crippen molar-refractivity contribution in [1.29, 1.82) is 0 Å². The fraction of sp³-hybridized carbons (Fsp3) is 0.261. The monoisotopic (exact) mass is 406 g/mol. The van der Waals surface area contributed by atoms with Crippen molar-refractivity contribution in [3.05, 3.63) is 82.2 Å². The molecule has 1 amide bonds. The molecule has 0 aliphatic heterocycles. The first kappa shape index (κ1) is 19.8. The van der Waals surface area contributed by atoms with Crippen LogP contribution in [0.5, 0.6) is 0 Å². The van der Waals surface area contributed by atoms with Crippen LogP contribution in [0.25, 0.3) is 16.4 Å². The molecule has 0 bridgehead atoms. The molecule has 0 spiro atoms. The molecule has 0 saturated heterocycles. The average molecular weight is 406 g/mol. The fourth-order valence-corrected chi connectivity index (χ4v) is 3.75. The van der Waals surface area contributed by atoms with E-state index < -0.39 is 0 Å². The topological polar surface area (TPSA) is 68.4 Å². The van der Waals surface area contributed by atoms with Crippen molar-refractivity contribution in [2.45, 2.75) is 39.3 Å². The zero-order chi connectivity index (χ0) is 21.3. The highest BCUT2D eigenvalue weighted by Crippen LogP contribution is 2.20. The number of hydrogen-bond donors (Lipinski definition) is 1. The quantitative estimate of drug-likeness (QED) is 0.535. The minimum absolute atomic E-state index is 0.0305. The first-order chi connectivity index (χ1) is 14.4. The van der Waals surface area contributed by atoms with Crippen molar-refractivity contribution in [3.8, 4) is 0 Å². The highest BCUT2D eigenvalue weighted by atomic mass is 19.1. The summed E-state index contributed by atoms with van der Waals surface area (Å²) < 4.78 is 16.4. The largest absolute Gasteiger partial charge is 0.352 e. The Morgan fingerprint density at radius 2 is 1.90 bits per heavy atom. The van der Waals surface area contributed by atoms with Crippen molar-refractivity contribution in [2.24, 2.45) is 0 Å². The number of aromatic nitrogens is 3. The lowest BCUT2D eigenvalue weighted by molar-refractivity contribution is -0.122. The zero-order valence-corrected chi connectivity index (χ0v) is 16.9. The lowest BCUT2D eigenvalue weighted by Crippen LogP contribution is -2.39. The van der Waals surface area contributed by atoms with Crippen LogP contribution in [-0.4, -0.2) is 26.1 Å². The van der Waals surface area contributed by atoms with Crippen molar-refractivity contribution < 1.29 is 9.18 Å². The van der Waals surface area contributed by atoms with Crippen molar-refractivity contribution in [3.63, 3.8) is 0 Å². The maximum Gasteiger partial charge on any atom is 0.291 e. The lowest BCUT2D eigenvalue weighted by Gasteiger charge is -2.15. The molecule has 4 rings (SSSR count). The summed E-state index contributed by atoms with van der Waals surface area (Å²) in [6.07, 6.45) is 1.66. The van der Waals surface area contributed by atoms with E-state index in [4.69, 9.17) is 0 Å². The van der Waals surface area contributed by atoms with E-state index in [1.54, 1.807) is 23.5 Å². The number of carbonyl (C=O) groups excluding carboxylic acids is 1. The molecular formula is C23H23FN4O2. The Morgan fingerprint density at radius 3 is 2.67 bits per heavy atom. The maximum atomic E-state index is 13.5. The standard InChI is InChI=1S/C23H23FN4O2/c1-15(8-9-17-6-4-3-5-7-17)25-22(29)14-27-23(30)21-13-18-12-19(24)10-11-20(18)28(21)16(2)26-27/h3-7,10-13,15H,8-9,14H2,1-2H3,(H,25,29). The van der Waals surface area contributed by atoms with Gasteiger partial charge in [0, 0.05) is 11.4 Å². The zero-order valence-electron chi connectivity index (χ0n) is 16.9. The molecule has 1 atom stereocenters. The predicted octanol–water partition coefficient (Wildman–Crippen LogP) is 3.23. The third-order valence-electron chi connectivity index (χ3n) is 5.22. The Hall–Kier alpha value is -3.48. The number of fused-ring (bicyclic) bond motifs is 3. The van der Waals surface area contributed by atoms with Crippen molar-refractivity contribution >= 4 is 22.3 Å². The van der Waals surface area contributed by atoms with Gasteiger partial charge >= 0.3 is 0 Å². The summed E-state index contributed by atoms with van der Waals surface area (Å²) in [7, 11) is 0. The molecule has 4 aromatic rings. The van der Waals surface area contributed by atoms with Crippen molar-refractivity contribution in [2.75, 3.05) is 0 Å². The van der Waals surface area contributed by atoms with Gasteiger partial charge in [-0.15, -0.1) is 0 Å². The van der Waals surface area contributed by atoms with Gasteiger partial charge in [-0.25, -0.2) is 9.07 Å². The van der Waals surface area contributed by atoms with Crippen LogP contribution in [0.1, 0.15) is 24.7 Å². The molecule has 1 unspecified atom stereocenters. The molecule has 0 fully saturated rings. The molecule has 0 aliphatic carbocycles. The summed E-state index contributed by atoms with van der Waals surface area (Å²) >= 11 is 0. The number of benzene rings is 2. The highest BCUT2D eigenvalue weighted by molar-refractivity contribution is 5.87. The average Bonchev–Trinajstić information content (AvgIpc) is 3.10. The Kier molecular flexibility index (Phi) is 5.35. The van der Waals surface area contributed by atoms with Gasteiger partial charge in [0.05, 0.1) is 5.52 Å². The Balaban J connectivity index is 1.50. The molecule has 2 heterocycles. The first-order valence-corrected chi connectivity index (χ1v) is 9.94. The van der Waals surface area contributed by atoms with Gasteiger partial charge in [0.25, 0.3) is 5.56 Å². The highest BCUT2D eigenvalue weighted by Gasteiger charge is 2.15. The molecule has 2 aromatic heterocycles. The first-order valence-electron chi connectivity index (χ1n) is 9.94. The second-order valence-corrected chi connectivity index (χ2v) is 7.57. The van der Waals surface area contributed by atoms with Gasteiger partial charge < -0.3 is 5.32 Å². The van der Waals surface area contributed by atoms with Crippen LogP contribution in [-0.2, 0) is 17.8 Å². The second-order valence-electron chi connectivity index (χ2n) is 7.57. The number of halogens is 1. The molecule has 154 valence electrons. The third kappa shape index (κ3) is 3.96. The van der Waals surface area contributed by atoms with Crippen LogP contribution in [0.3, 0.4) is 0 Å². The molecule has 30 heavy (non-hydrogen) atoms. The molecule has 6 nitrogen and oxygen atoms in total. The summed E-state index contributed by atoms with van der Waals surface area (Å²) in [5.74, 6) is -0.0830. The number of nitrogens with one attached hydrogen (secondary N) is 1. The SMILES string of the molecule is Cc1nn(CC(=O)NC(C)CCc2ccccc2)c(=O)c2cc3cc(F)ccc3n12. The summed E-state index contributed by atoms with van der Waals surface area (Å²) in [4.78, 5) is 25.4. The van der Waals surface area contributed by atoms with E-state index in [9.17, 15) is 14.0 Å². The molecule has 0 aliphatic rings. The van der Waals surface area contributed by atoms with E-state index >= 15 is 0 Å².